The lowest BCUT2D eigenvalue weighted by Crippen LogP contribution is -2.37. The van der Waals surface area contributed by atoms with E-state index in [-0.39, 0.29) is 18.9 Å². The summed E-state index contributed by atoms with van der Waals surface area (Å²) < 4.78 is 5.08. The van der Waals surface area contributed by atoms with Crippen LogP contribution < -0.4 is 16.0 Å². The van der Waals surface area contributed by atoms with Crippen LogP contribution in [-0.2, 0) is 20.7 Å². The number of rotatable bonds is 7. The van der Waals surface area contributed by atoms with E-state index in [4.69, 9.17) is 16.3 Å². The van der Waals surface area contributed by atoms with Crippen molar-refractivity contribution in [2.24, 2.45) is 0 Å². The number of hydrogen-bond donors (Lipinski definition) is 3. The van der Waals surface area contributed by atoms with Gasteiger partial charge in [-0.15, -0.1) is 0 Å². The largest absolute Gasteiger partial charge is 0.444 e. The van der Waals surface area contributed by atoms with Crippen LogP contribution in [-0.4, -0.2) is 30.1 Å². The SMILES string of the molecule is CC(C)(C)OC(=O)NCC(=O)Nc1cccc(NC(=O)CCc2ccccc2Cl)c1. The third-order valence-electron chi connectivity index (χ3n) is 3.80. The molecule has 3 amide bonds. The molecule has 0 atom stereocenters. The maximum atomic E-state index is 12.2. The van der Waals surface area contributed by atoms with Gasteiger partial charge in [0, 0.05) is 22.8 Å². The molecular formula is C22H26ClN3O4. The summed E-state index contributed by atoms with van der Waals surface area (Å²) in [7, 11) is 0. The average molecular weight is 432 g/mol. The Morgan fingerprint density at radius 3 is 2.20 bits per heavy atom. The highest BCUT2D eigenvalue weighted by Crippen LogP contribution is 2.18. The van der Waals surface area contributed by atoms with Crippen molar-refractivity contribution in [3.05, 3.63) is 59.1 Å². The second-order valence-corrected chi connectivity index (χ2v) is 8.03. The maximum absolute atomic E-state index is 12.2. The van der Waals surface area contributed by atoms with Gasteiger partial charge in [0.25, 0.3) is 0 Å². The van der Waals surface area contributed by atoms with Gasteiger partial charge in [-0.3, -0.25) is 9.59 Å². The summed E-state index contributed by atoms with van der Waals surface area (Å²) in [4.78, 5) is 35.9. The minimum atomic E-state index is -0.669. The van der Waals surface area contributed by atoms with Crippen LogP contribution >= 0.6 is 11.6 Å². The molecule has 2 aromatic carbocycles. The first-order chi connectivity index (χ1) is 14.1. The Hall–Kier alpha value is -3.06. The minimum absolute atomic E-state index is 0.162. The molecule has 0 spiro atoms. The molecule has 0 bridgehead atoms. The molecular weight excluding hydrogens is 406 g/mol. The van der Waals surface area contributed by atoms with Crippen LogP contribution in [0, 0.1) is 0 Å². The molecule has 2 rings (SSSR count). The molecule has 0 aromatic heterocycles. The molecule has 0 fully saturated rings. The smallest absolute Gasteiger partial charge is 0.408 e. The number of anilines is 2. The van der Waals surface area contributed by atoms with Gasteiger partial charge < -0.3 is 20.7 Å². The molecule has 3 N–H and O–H groups in total. The number of alkyl carbamates (subject to hydrolysis) is 1. The van der Waals surface area contributed by atoms with Crippen LogP contribution in [0.5, 0.6) is 0 Å². The third-order valence-corrected chi connectivity index (χ3v) is 4.17. The Bertz CT molecular complexity index is 909. The van der Waals surface area contributed by atoms with E-state index in [1.807, 2.05) is 18.2 Å². The first-order valence-corrected chi connectivity index (χ1v) is 9.90. The van der Waals surface area contributed by atoms with E-state index in [0.29, 0.717) is 22.8 Å². The van der Waals surface area contributed by atoms with Crippen LogP contribution in [0.2, 0.25) is 5.02 Å². The van der Waals surface area contributed by atoms with Crippen molar-refractivity contribution in [2.75, 3.05) is 17.2 Å². The summed E-state index contributed by atoms with van der Waals surface area (Å²) in [6.45, 7) is 4.98. The Balaban J connectivity index is 1.82. The Morgan fingerprint density at radius 2 is 1.57 bits per heavy atom. The standard InChI is InChI=1S/C22H26ClN3O4/c1-22(2,3)30-21(29)24-14-20(28)26-17-9-6-8-16(13-17)25-19(27)12-11-15-7-4-5-10-18(15)23/h4-10,13H,11-12,14H2,1-3H3,(H,24,29)(H,25,27)(H,26,28). The first kappa shape index (κ1) is 23.2. The lowest BCUT2D eigenvalue weighted by Gasteiger charge is -2.19. The van der Waals surface area contributed by atoms with E-state index < -0.39 is 17.6 Å². The molecule has 0 unspecified atom stereocenters. The van der Waals surface area contributed by atoms with Crippen molar-refractivity contribution in [3.63, 3.8) is 0 Å². The lowest BCUT2D eigenvalue weighted by atomic mass is 10.1. The number of carbonyl (C=O) groups is 3. The van der Waals surface area contributed by atoms with Crippen LogP contribution in [0.4, 0.5) is 16.2 Å². The van der Waals surface area contributed by atoms with Gasteiger partial charge in [-0.05, 0) is 57.0 Å². The number of amides is 3. The van der Waals surface area contributed by atoms with Gasteiger partial charge in [0.05, 0.1) is 0 Å². The summed E-state index contributed by atoms with van der Waals surface area (Å²) in [5, 5.41) is 8.48. The Labute approximate surface area is 181 Å². The van der Waals surface area contributed by atoms with Gasteiger partial charge in [-0.2, -0.15) is 0 Å². The third kappa shape index (κ3) is 8.53. The van der Waals surface area contributed by atoms with Gasteiger partial charge in [0.15, 0.2) is 0 Å². The summed E-state index contributed by atoms with van der Waals surface area (Å²) in [5.41, 5.74) is 1.32. The lowest BCUT2D eigenvalue weighted by molar-refractivity contribution is -0.116. The first-order valence-electron chi connectivity index (χ1n) is 9.52. The van der Waals surface area contributed by atoms with Crippen molar-refractivity contribution < 1.29 is 19.1 Å². The second-order valence-electron chi connectivity index (χ2n) is 7.62. The molecule has 160 valence electrons. The van der Waals surface area contributed by atoms with Crippen molar-refractivity contribution >= 4 is 40.9 Å². The van der Waals surface area contributed by atoms with Crippen LogP contribution in [0.25, 0.3) is 0 Å². The van der Waals surface area contributed by atoms with Crippen molar-refractivity contribution in [1.29, 1.82) is 0 Å². The number of aryl methyl sites for hydroxylation is 1. The fourth-order valence-corrected chi connectivity index (χ4v) is 2.75. The number of nitrogens with one attached hydrogen (secondary N) is 3. The van der Waals surface area contributed by atoms with Gasteiger partial charge in [0.1, 0.15) is 12.1 Å². The Kier molecular flexibility index (Phi) is 8.24. The molecule has 0 saturated heterocycles. The molecule has 30 heavy (non-hydrogen) atoms. The quantitative estimate of drug-likeness (QED) is 0.606. The zero-order valence-corrected chi connectivity index (χ0v) is 18.0. The van der Waals surface area contributed by atoms with Gasteiger partial charge in [0.2, 0.25) is 11.8 Å². The average Bonchev–Trinajstić information content (AvgIpc) is 2.65. The molecule has 0 heterocycles. The molecule has 7 nitrogen and oxygen atoms in total. The minimum Gasteiger partial charge on any atom is -0.444 e. The number of hydrogen-bond acceptors (Lipinski definition) is 4. The van der Waals surface area contributed by atoms with Crippen molar-refractivity contribution in [3.8, 4) is 0 Å². The van der Waals surface area contributed by atoms with Crippen molar-refractivity contribution in [2.45, 2.75) is 39.2 Å². The monoisotopic (exact) mass is 431 g/mol. The molecule has 8 heteroatoms. The Morgan fingerprint density at radius 1 is 0.933 bits per heavy atom. The number of ether oxygens (including phenoxy) is 1. The molecule has 0 aliphatic heterocycles. The summed E-state index contributed by atoms with van der Waals surface area (Å²) in [5.74, 6) is -0.576. The van der Waals surface area contributed by atoms with Gasteiger partial charge in [-0.25, -0.2) is 4.79 Å². The summed E-state index contributed by atoms with van der Waals surface area (Å²) in [6, 6.07) is 14.2. The van der Waals surface area contributed by atoms with Gasteiger partial charge in [-0.1, -0.05) is 35.9 Å². The highest BCUT2D eigenvalue weighted by molar-refractivity contribution is 6.31. The normalized spacial score (nSPS) is 10.8. The zero-order valence-electron chi connectivity index (χ0n) is 17.3. The fraction of sp³-hybridized carbons (Fsp3) is 0.318. The fourth-order valence-electron chi connectivity index (χ4n) is 2.52. The highest BCUT2D eigenvalue weighted by atomic mass is 35.5. The molecule has 0 aliphatic carbocycles. The van der Waals surface area contributed by atoms with Crippen LogP contribution in [0.1, 0.15) is 32.8 Å². The van der Waals surface area contributed by atoms with Crippen LogP contribution in [0.3, 0.4) is 0 Å². The van der Waals surface area contributed by atoms with E-state index in [1.165, 1.54) is 0 Å². The molecule has 0 radical (unpaired) electrons. The predicted octanol–water partition coefficient (Wildman–Crippen LogP) is 4.37. The van der Waals surface area contributed by atoms with E-state index in [1.54, 1.807) is 51.1 Å². The topological polar surface area (TPSA) is 96.5 Å². The second kappa shape index (κ2) is 10.6. The molecule has 2 aromatic rings. The van der Waals surface area contributed by atoms with E-state index in [9.17, 15) is 14.4 Å². The summed E-state index contributed by atoms with van der Waals surface area (Å²) >= 11 is 6.11. The molecule has 0 saturated carbocycles. The number of carbonyl (C=O) groups excluding carboxylic acids is 3. The molecule has 0 aliphatic rings. The highest BCUT2D eigenvalue weighted by Gasteiger charge is 2.16. The van der Waals surface area contributed by atoms with Gasteiger partial charge >= 0.3 is 6.09 Å². The van der Waals surface area contributed by atoms with Crippen molar-refractivity contribution in [1.82, 2.24) is 5.32 Å². The van der Waals surface area contributed by atoms with E-state index >= 15 is 0 Å². The zero-order chi connectivity index (χ0) is 22.1. The van der Waals surface area contributed by atoms with Crippen LogP contribution in [0.15, 0.2) is 48.5 Å². The van der Waals surface area contributed by atoms with E-state index in [0.717, 1.165) is 5.56 Å². The number of halogens is 1. The van der Waals surface area contributed by atoms with E-state index in [2.05, 4.69) is 16.0 Å². The summed E-state index contributed by atoms with van der Waals surface area (Å²) in [6.07, 6.45) is 0.135. The predicted molar refractivity (Wildman–Crippen MR) is 118 cm³/mol. The number of benzene rings is 2. The maximum Gasteiger partial charge on any atom is 0.408 e.